The molecule has 352 valence electrons. The second-order valence-electron chi connectivity index (χ2n) is 14.6. The van der Waals surface area contributed by atoms with Crippen molar-refractivity contribution in [3.05, 3.63) is 101 Å². The molecule has 3 fully saturated rings. The maximum Gasteiger partial charge on any atom is 0.417 e. The van der Waals surface area contributed by atoms with Gasteiger partial charge in [0.1, 0.15) is 54.9 Å². The van der Waals surface area contributed by atoms with Gasteiger partial charge in [-0.05, 0) is 18.2 Å². The first-order valence-corrected chi connectivity index (χ1v) is 21.7. The maximum absolute atomic E-state index is 15.3. The number of hydrogen-bond acceptors (Lipinski definition) is 15. The first-order chi connectivity index (χ1) is 30.8. The minimum Gasteiger partial charge on any atom is -0.463 e. The van der Waals surface area contributed by atoms with E-state index in [9.17, 15) is 32.3 Å². The topological polar surface area (TPSA) is 176 Å². The SMILES string of the molecule is CC(=O)OC[C@H]1O[C@H](O[C@@H]2[C@@H](NC(=O)OCC(Cl)(Cl)Cl)[C@H](Sc3ccccc3F)O[C@@H]3CO[C@@H](c4ccccc4)O[C@@H]23)[C@H](N=Cc2ccccc2C(F)(F)F)[C@@H](OC(C)=O)[C@@H]1OC(C)=O. The highest BCUT2D eigenvalue weighted by Gasteiger charge is 2.57. The number of nitrogens with zero attached hydrogens (tertiary/aromatic N) is 1. The average Bonchev–Trinajstić information content (AvgIpc) is 3.24. The van der Waals surface area contributed by atoms with E-state index >= 15 is 4.39 Å². The van der Waals surface area contributed by atoms with Crippen molar-refractivity contribution in [1.82, 2.24) is 5.32 Å². The van der Waals surface area contributed by atoms with Crippen LogP contribution in [0.2, 0.25) is 0 Å². The third-order valence-corrected chi connectivity index (χ3v) is 11.3. The molecule has 1 N–H and O–H groups in total. The van der Waals surface area contributed by atoms with Crippen LogP contribution in [-0.2, 0) is 63.2 Å². The highest BCUT2D eigenvalue weighted by atomic mass is 35.6. The normalized spacial score (nSPS) is 28.1. The van der Waals surface area contributed by atoms with E-state index in [2.05, 4.69) is 10.3 Å². The number of ether oxygens (including phenoxy) is 9. The number of fused-ring (bicyclic) bond motifs is 1. The molecule has 15 nitrogen and oxygen atoms in total. The number of aliphatic imine (C=N–C) groups is 1. The number of thioether (sulfide) groups is 1. The van der Waals surface area contributed by atoms with E-state index in [1.807, 2.05) is 0 Å². The van der Waals surface area contributed by atoms with Gasteiger partial charge in [-0.2, -0.15) is 13.2 Å². The summed E-state index contributed by atoms with van der Waals surface area (Å²) in [5, 5.41) is 2.64. The summed E-state index contributed by atoms with van der Waals surface area (Å²) in [7, 11) is 0. The zero-order chi connectivity index (χ0) is 47.1. The molecule has 6 rings (SSSR count). The van der Waals surface area contributed by atoms with Crippen molar-refractivity contribution < 1.29 is 79.4 Å². The van der Waals surface area contributed by atoms with Gasteiger partial charge in [-0.15, -0.1) is 0 Å². The Balaban J connectivity index is 1.51. The van der Waals surface area contributed by atoms with Crippen molar-refractivity contribution >= 4 is 76.8 Å². The molecule has 3 saturated heterocycles. The van der Waals surface area contributed by atoms with Crippen LogP contribution in [0.5, 0.6) is 0 Å². The lowest BCUT2D eigenvalue weighted by Gasteiger charge is -2.51. The highest BCUT2D eigenvalue weighted by molar-refractivity contribution is 7.99. The van der Waals surface area contributed by atoms with Gasteiger partial charge in [-0.3, -0.25) is 19.4 Å². The number of amides is 1. The van der Waals surface area contributed by atoms with E-state index in [4.69, 9.17) is 77.4 Å². The minimum atomic E-state index is -4.84. The van der Waals surface area contributed by atoms with Crippen LogP contribution in [0.25, 0.3) is 0 Å². The predicted molar refractivity (Wildman–Crippen MR) is 224 cm³/mol. The number of alkyl carbamates (subject to hydrolysis) is 1. The van der Waals surface area contributed by atoms with Crippen molar-refractivity contribution in [3.8, 4) is 0 Å². The number of hydrogen-bond donors (Lipinski definition) is 1. The van der Waals surface area contributed by atoms with Crippen molar-refractivity contribution in [2.24, 2.45) is 4.99 Å². The van der Waals surface area contributed by atoms with Gasteiger partial charge < -0.3 is 47.9 Å². The first kappa shape index (κ1) is 50.2. The summed E-state index contributed by atoms with van der Waals surface area (Å²) in [6.07, 6.45) is -16.6. The highest BCUT2D eigenvalue weighted by Crippen LogP contribution is 2.43. The molecule has 0 aliphatic carbocycles. The van der Waals surface area contributed by atoms with Gasteiger partial charge in [0.15, 0.2) is 24.8 Å². The Bertz CT molecular complexity index is 2180. The van der Waals surface area contributed by atoms with Gasteiger partial charge in [-0.25, -0.2) is 9.18 Å². The minimum absolute atomic E-state index is 0.0660. The van der Waals surface area contributed by atoms with Gasteiger partial charge in [0.05, 0.1) is 18.2 Å². The van der Waals surface area contributed by atoms with Crippen LogP contribution in [-0.4, -0.2) is 114 Å². The molecule has 3 heterocycles. The molecule has 0 radical (unpaired) electrons. The van der Waals surface area contributed by atoms with Crippen LogP contribution in [0.15, 0.2) is 88.8 Å². The fourth-order valence-electron chi connectivity index (χ4n) is 7.10. The number of nitrogens with one attached hydrogen (secondary N) is 1. The molecule has 0 unspecified atom stereocenters. The maximum atomic E-state index is 15.3. The van der Waals surface area contributed by atoms with Crippen LogP contribution < -0.4 is 5.32 Å². The van der Waals surface area contributed by atoms with E-state index in [1.165, 1.54) is 30.3 Å². The Hall–Kier alpha value is -4.25. The van der Waals surface area contributed by atoms with Gasteiger partial charge in [-0.1, -0.05) is 107 Å². The summed E-state index contributed by atoms with van der Waals surface area (Å²) >= 11 is 18.5. The number of halogens is 7. The van der Waals surface area contributed by atoms with E-state index in [1.54, 1.807) is 36.4 Å². The third-order valence-electron chi connectivity index (χ3n) is 9.75. The Morgan fingerprint density at radius 2 is 1.49 bits per heavy atom. The molecule has 3 aliphatic heterocycles. The second kappa shape index (κ2) is 22.0. The number of esters is 3. The van der Waals surface area contributed by atoms with Crippen molar-refractivity contribution in [2.75, 3.05) is 19.8 Å². The number of alkyl halides is 6. The Labute approximate surface area is 388 Å². The zero-order valence-corrected chi connectivity index (χ0v) is 37.4. The third kappa shape index (κ3) is 13.7. The van der Waals surface area contributed by atoms with E-state index < -0.39 is 131 Å². The van der Waals surface area contributed by atoms with Crippen LogP contribution in [0, 0.1) is 5.82 Å². The number of carbonyl (C=O) groups excluding carboxylic acids is 4. The van der Waals surface area contributed by atoms with Crippen molar-refractivity contribution in [1.29, 1.82) is 0 Å². The molecule has 0 saturated carbocycles. The van der Waals surface area contributed by atoms with Gasteiger partial charge in [0, 0.05) is 43.0 Å². The fraction of sp³-hybridized carbons (Fsp3) is 0.452. The molecule has 11 atom stereocenters. The molecular weight excluding hydrogens is 955 g/mol. The van der Waals surface area contributed by atoms with Gasteiger partial charge in [0.2, 0.25) is 3.79 Å². The number of carbonyl (C=O) groups is 4. The van der Waals surface area contributed by atoms with Crippen LogP contribution in [0.1, 0.15) is 43.8 Å². The van der Waals surface area contributed by atoms with Crippen molar-refractivity contribution in [2.45, 2.75) is 102 Å². The summed E-state index contributed by atoms with van der Waals surface area (Å²) in [6.45, 7) is 1.62. The molecule has 1 amide bonds. The molecule has 3 aromatic carbocycles. The van der Waals surface area contributed by atoms with E-state index in [0.717, 1.165) is 50.9 Å². The van der Waals surface area contributed by atoms with Gasteiger partial charge in [0.25, 0.3) is 0 Å². The Kier molecular flexibility index (Phi) is 17.0. The number of benzene rings is 3. The lowest BCUT2D eigenvalue weighted by atomic mass is 9.94. The molecule has 65 heavy (non-hydrogen) atoms. The lowest BCUT2D eigenvalue weighted by molar-refractivity contribution is -0.343. The molecular formula is C42H41Cl3F4N2O13S. The van der Waals surface area contributed by atoms with Crippen LogP contribution >= 0.6 is 46.6 Å². The summed E-state index contributed by atoms with van der Waals surface area (Å²) in [6, 6.07) is 15.7. The van der Waals surface area contributed by atoms with Crippen LogP contribution in [0.4, 0.5) is 22.4 Å². The Morgan fingerprint density at radius 3 is 2.15 bits per heavy atom. The molecule has 3 aliphatic rings. The van der Waals surface area contributed by atoms with Crippen molar-refractivity contribution in [3.63, 3.8) is 0 Å². The molecule has 3 aromatic rings. The first-order valence-electron chi connectivity index (χ1n) is 19.6. The lowest BCUT2D eigenvalue weighted by Crippen LogP contribution is -2.69. The molecule has 0 bridgehead atoms. The zero-order valence-electron chi connectivity index (χ0n) is 34.4. The smallest absolute Gasteiger partial charge is 0.417 e. The van der Waals surface area contributed by atoms with Gasteiger partial charge >= 0.3 is 30.2 Å². The van der Waals surface area contributed by atoms with E-state index in [0.29, 0.717) is 5.56 Å². The predicted octanol–water partition coefficient (Wildman–Crippen LogP) is 7.27. The Morgan fingerprint density at radius 1 is 0.831 bits per heavy atom. The monoisotopic (exact) mass is 994 g/mol. The summed E-state index contributed by atoms with van der Waals surface area (Å²) in [5.74, 6) is -3.30. The fourth-order valence-corrected chi connectivity index (χ4v) is 8.42. The average molecular weight is 996 g/mol. The largest absolute Gasteiger partial charge is 0.463 e. The molecule has 0 spiro atoms. The molecule has 0 aromatic heterocycles. The standard InChI is InChI=1S/C42H41Cl3F4N2O13S/c1-21(52)56-18-28-33(59-22(2)53)35(60-23(3)54)31(50-17-25-13-7-8-14-26(25)42(47,48)49)38(61-28)64-36-32(51-40(55)58-20-41(43,44)45)39(65-30-16-10-9-15-27(30)46)62-29-19-57-37(63-34(29)36)24-11-5-4-6-12-24/h4-17,28-29,31-39H,18-20H2,1-3H3,(H,51,55)/t28-,29-,31-,32-,33-,34-,35-,36-,37-,38-,39+/m1/s1. The van der Waals surface area contributed by atoms with E-state index in [-0.39, 0.29) is 11.5 Å². The summed E-state index contributed by atoms with van der Waals surface area (Å²) in [5.41, 5.74) is -2.22. The number of rotatable bonds is 13. The summed E-state index contributed by atoms with van der Waals surface area (Å²) in [4.78, 5) is 55.6. The quantitative estimate of drug-likeness (QED) is 0.0595. The second-order valence-corrected chi connectivity index (χ2v) is 18.2. The van der Waals surface area contributed by atoms with Crippen LogP contribution in [0.3, 0.4) is 0 Å². The molecule has 23 heteroatoms. The summed E-state index contributed by atoms with van der Waals surface area (Å²) < 4.78 is 110.